The molecule has 0 fully saturated rings. The third-order valence-electron chi connectivity index (χ3n) is 2.04. The summed E-state index contributed by atoms with van der Waals surface area (Å²) in [6.07, 6.45) is 3.65. The fraction of sp³-hybridized carbons (Fsp3) is 0.273. The smallest absolute Gasteiger partial charge is 0.0454 e. The van der Waals surface area contributed by atoms with Gasteiger partial charge in [-0.2, -0.15) is 0 Å². The second-order valence-corrected chi connectivity index (χ2v) is 4.46. The minimum absolute atomic E-state index is 0. The summed E-state index contributed by atoms with van der Waals surface area (Å²) in [5.74, 6) is 0. The molecule has 0 aliphatic rings. The SMILES string of the molecule is C=CCC[C@H](N)c1cc(Br)ccc1Cl.Cl. The molecule has 0 spiro atoms. The van der Waals surface area contributed by atoms with Gasteiger partial charge in [0.15, 0.2) is 0 Å². The van der Waals surface area contributed by atoms with Gasteiger partial charge in [0.2, 0.25) is 0 Å². The Morgan fingerprint density at radius 3 is 2.80 bits per heavy atom. The topological polar surface area (TPSA) is 26.0 Å². The van der Waals surface area contributed by atoms with E-state index < -0.39 is 0 Å². The number of hydrogen-bond acceptors (Lipinski definition) is 1. The first-order valence-corrected chi connectivity index (χ1v) is 5.63. The van der Waals surface area contributed by atoms with E-state index >= 15 is 0 Å². The van der Waals surface area contributed by atoms with E-state index in [4.69, 9.17) is 17.3 Å². The van der Waals surface area contributed by atoms with Crippen LogP contribution >= 0.6 is 39.9 Å². The number of allylic oxidation sites excluding steroid dienone is 1. The maximum Gasteiger partial charge on any atom is 0.0454 e. The zero-order chi connectivity index (χ0) is 10.6. The molecule has 1 rings (SSSR count). The average Bonchev–Trinajstić information content (AvgIpc) is 2.18. The van der Waals surface area contributed by atoms with E-state index in [1.165, 1.54) is 0 Å². The van der Waals surface area contributed by atoms with Crippen LogP contribution in [-0.4, -0.2) is 0 Å². The summed E-state index contributed by atoms with van der Waals surface area (Å²) >= 11 is 9.44. The molecule has 15 heavy (non-hydrogen) atoms. The fourth-order valence-corrected chi connectivity index (χ4v) is 1.89. The average molecular weight is 311 g/mol. The minimum atomic E-state index is -0.0157. The van der Waals surface area contributed by atoms with Gasteiger partial charge in [-0.05, 0) is 36.6 Å². The monoisotopic (exact) mass is 309 g/mol. The number of nitrogens with two attached hydrogens (primary N) is 1. The lowest BCUT2D eigenvalue weighted by atomic mass is 10.0. The normalized spacial score (nSPS) is 11.7. The van der Waals surface area contributed by atoms with Crippen LogP contribution in [0.2, 0.25) is 5.02 Å². The summed E-state index contributed by atoms with van der Waals surface area (Å²) in [5.41, 5.74) is 6.99. The van der Waals surface area contributed by atoms with Gasteiger partial charge < -0.3 is 5.73 Å². The van der Waals surface area contributed by atoms with E-state index in [1.807, 2.05) is 24.3 Å². The zero-order valence-corrected chi connectivity index (χ0v) is 11.4. The van der Waals surface area contributed by atoms with Crippen LogP contribution in [0, 0.1) is 0 Å². The van der Waals surface area contributed by atoms with Crippen molar-refractivity contribution in [2.75, 3.05) is 0 Å². The first kappa shape index (κ1) is 15.0. The molecule has 0 heterocycles. The number of benzene rings is 1. The fourth-order valence-electron chi connectivity index (χ4n) is 1.25. The molecular formula is C11H14BrCl2N. The van der Waals surface area contributed by atoms with E-state index in [1.54, 1.807) is 0 Å². The van der Waals surface area contributed by atoms with Crippen molar-refractivity contribution in [1.82, 2.24) is 0 Å². The maximum absolute atomic E-state index is 6.04. The highest BCUT2D eigenvalue weighted by Crippen LogP contribution is 2.27. The van der Waals surface area contributed by atoms with Gasteiger partial charge in [0.1, 0.15) is 0 Å². The summed E-state index contributed by atoms with van der Waals surface area (Å²) in [6, 6.07) is 5.72. The molecular weight excluding hydrogens is 297 g/mol. The van der Waals surface area contributed by atoms with Crippen molar-refractivity contribution >= 4 is 39.9 Å². The molecule has 0 aliphatic heterocycles. The highest BCUT2D eigenvalue weighted by molar-refractivity contribution is 9.10. The van der Waals surface area contributed by atoms with Crippen LogP contribution in [0.4, 0.5) is 0 Å². The first-order valence-electron chi connectivity index (χ1n) is 4.46. The standard InChI is InChI=1S/C11H13BrClN.ClH/c1-2-3-4-11(14)9-7-8(12)5-6-10(9)13;/h2,5-7,11H,1,3-4,14H2;1H/t11-;/m0./s1. The van der Waals surface area contributed by atoms with Crippen LogP contribution in [0.5, 0.6) is 0 Å². The van der Waals surface area contributed by atoms with Crippen LogP contribution in [0.15, 0.2) is 35.3 Å². The quantitative estimate of drug-likeness (QED) is 0.815. The van der Waals surface area contributed by atoms with E-state index in [-0.39, 0.29) is 18.4 Å². The van der Waals surface area contributed by atoms with Crippen LogP contribution in [0.25, 0.3) is 0 Å². The van der Waals surface area contributed by atoms with Crippen LogP contribution in [-0.2, 0) is 0 Å². The molecule has 0 amide bonds. The van der Waals surface area contributed by atoms with Crippen LogP contribution in [0.3, 0.4) is 0 Å². The van der Waals surface area contributed by atoms with Crippen molar-refractivity contribution in [3.05, 3.63) is 45.9 Å². The Balaban J connectivity index is 0.00000196. The van der Waals surface area contributed by atoms with Crippen molar-refractivity contribution in [1.29, 1.82) is 0 Å². The third kappa shape index (κ3) is 4.56. The van der Waals surface area contributed by atoms with E-state index in [0.29, 0.717) is 0 Å². The largest absolute Gasteiger partial charge is 0.324 e. The number of hydrogen-bond donors (Lipinski definition) is 1. The molecule has 0 radical (unpaired) electrons. The Bertz CT molecular complexity index is 328. The lowest BCUT2D eigenvalue weighted by Crippen LogP contribution is -2.10. The highest BCUT2D eigenvalue weighted by atomic mass is 79.9. The van der Waals surface area contributed by atoms with Gasteiger partial charge in [-0.25, -0.2) is 0 Å². The van der Waals surface area contributed by atoms with Gasteiger partial charge in [0, 0.05) is 15.5 Å². The van der Waals surface area contributed by atoms with Crippen LogP contribution in [0.1, 0.15) is 24.4 Å². The molecule has 1 nitrogen and oxygen atoms in total. The Kier molecular flexibility index (Phi) is 7.28. The number of rotatable bonds is 4. The van der Waals surface area contributed by atoms with Gasteiger partial charge in [-0.15, -0.1) is 19.0 Å². The van der Waals surface area contributed by atoms with E-state index in [9.17, 15) is 0 Å². The lowest BCUT2D eigenvalue weighted by molar-refractivity contribution is 0.661. The Hall–Kier alpha value is -0.0200. The highest BCUT2D eigenvalue weighted by Gasteiger charge is 2.09. The summed E-state index contributed by atoms with van der Waals surface area (Å²) in [6.45, 7) is 3.67. The van der Waals surface area contributed by atoms with Gasteiger partial charge in [0.05, 0.1) is 0 Å². The molecule has 0 bridgehead atoms. The van der Waals surface area contributed by atoms with Crippen molar-refractivity contribution in [3.8, 4) is 0 Å². The second kappa shape index (κ2) is 7.29. The molecule has 0 saturated heterocycles. The molecule has 4 heteroatoms. The molecule has 1 aromatic carbocycles. The Morgan fingerprint density at radius 2 is 2.20 bits per heavy atom. The third-order valence-corrected chi connectivity index (χ3v) is 2.88. The molecule has 0 aliphatic carbocycles. The number of halogens is 3. The second-order valence-electron chi connectivity index (χ2n) is 3.14. The molecule has 84 valence electrons. The molecule has 0 saturated carbocycles. The molecule has 0 unspecified atom stereocenters. The summed E-state index contributed by atoms with van der Waals surface area (Å²) in [4.78, 5) is 0. The van der Waals surface area contributed by atoms with Crippen molar-refractivity contribution in [2.24, 2.45) is 5.73 Å². The summed E-state index contributed by atoms with van der Waals surface area (Å²) in [5, 5.41) is 0.727. The maximum atomic E-state index is 6.04. The predicted octanol–water partition coefficient (Wildman–Crippen LogP) is 4.49. The van der Waals surface area contributed by atoms with E-state index in [0.717, 1.165) is 27.9 Å². The first-order chi connectivity index (χ1) is 6.65. The van der Waals surface area contributed by atoms with Crippen LogP contribution < -0.4 is 5.73 Å². The molecule has 0 aromatic heterocycles. The Morgan fingerprint density at radius 1 is 1.53 bits per heavy atom. The summed E-state index contributed by atoms with van der Waals surface area (Å²) < 4.78 is 1.01. The van der Waals surface area contributed by atoms with Crippen molar-refractivity contribution in [2.45, 2.75) is 18.9 Å². The van der Waals surface area contributed by atoms with Crippen molar-refractivity contribution < 1.29 is 0 Å². The lowest BCUT2D eigenvalue weighted by Gasteiger charge is -2.12. The van der Waals surface area contributed by atoms with E-state index in [2.05, 4.69) is 22.5 Å². The molecule has 1 aromatic rings. The predicted molar refractivity (Wildman–Crippen MR) is 72.8 cm³/mol. The summed E-state index contributed by atoms with van der Waals surface area (Å²) in [7, 11) is 0. The Labute approximate surface area is 110 Å². The van der Waals surface area contributed by atoms with Gasteiger partial charge in [0.25, 0.3) is 0 Å². The molecule has 2 N–H and O–H groups in total. The minimum Gasteiger partial charge on any atom is -0.324 e. The van der Waals surface area contributed by atoms with Gasteiger partial charge in [-0.1, -0.05) is 33.6 Å². The zero-order valence-electron chi connectivity index (χ0n) is 8.25. The van der Waals surface area contributed by atoms with Gasteiger partial charge in [-0.3, -0.25) is 0 Å². The molecule has 1 atom stereocenters. The van der Waals surface area contributed by atoms with Gasteiger partial charge >= 0.3 is 0 Å². The van der Waals surface area contributed by atoms with Crippen molar-refractivity contribution in [3.63, 3.8) is 0 Å².